The van der Waals surface area contributed by atoms with Crippen molar-refractivity contribution in [3.63, 3.8) is 0 Å². The number of hydrogen-bond donors (Lipinski definition) is 1. The minimum atomic E-state index is -0.425. The molecule has 0 bridgehead atoms. The van der Waals surface area contributed by atoms with Crippen molar-refractivity contribution in [2.75, 3.05) is 26.7 Å². The summed E-state index contributed by atoms with van der Waals surface area (Å²) < 4.78 is 17.6. The first kappa shape index (κ1) is 24.1. The van der Waals surface area contributed by atoms with Gasteiger partial charge in [-0.2, -0.15) is 0 Å². The molecule has 1 saturated heterocycles. The van der Waals surface area contributed by atoms with E-state index in [0.717, 1.165) is 48.7 Å². The lowest BCUT2D eigenvalue weighted by Crippen LogP contribution is -2.32. The lowest BCUT2D eigenvalue weighted by Gasteiger charge is -2.33. The van der Waals surface area contributed by atoms with Gasteiger partial charge in [0.25, 0.3) is 0 Å². The summed E-state index contributed by atoms with van der Waals surface area (Å²) in [6, 6.07) is 1.87. The average Bonchev–Trinajstić information content (AvgIpc) is 3.19. The number of fused-ring (bicyclic) bond motifs is 3. The lowest BCUT2D eigenvalue weighted by molar-refractivity contribution is -0.127. The van der Waals surface area contributed by atoms with E-state index < -0.39 is 5.63 Å². The number of benzene rings is 1. The molecule has 0 unspecified atom stereocenters. The Morgan fingerprint density at radius 2 is 2.06 bits per heavy atom. The van der Waals surface area contributed by atoms with E-state index in [0.29, 0.717) is 42.2 Å². The molecule has 8 heteroatoms. The first-order valence-electron chi connectivity index (χ1n) is 12.1. The molecule has 34 heavy (non-hydrogen) atoms. The molecule has 1 fully saturated rings. The molecule has 2 aromatic rings. The highest BCUT2D eigenvalue weighted by Crippen LogP contribution is 2.43. The van der Waals surface area contributed by atoms with Crippen LogP contribution < -0.4 is 20.4 Å². The first-order valence-corrected chi connectivity index (χ1v) is 12.1. The molecule has 1 aromatic carbocycles. The molecule has 184 valence electrons. The first-order chi connectivity index (χ1) is 16.2. The fourth-order valence-corrected chi connectivity index (χ4v) is 4.90. The fraction of sp³-hybridized carbons (Fsp3) is 0.577. The normalized spacial score (nSPS) is 16.9. The van der Waals surface area contributed by atoms with Crippen molar-refractivity contribution in [2.45, 2.75) is 71.3 Å². The smallest absolute Gasteiger partial charge is 0.339 e. The summed E-state index contributed by atoms with van der Waals surface area (Å²) in [5.41, 5.74) is 1.94. The Hall–Kier alpha value is -3.03. The average molecular weight is 471 g/mol. The summed E-state index contributed by atoms with van der Waals surface area (Å²) in [5.74, 6) is 1.34. The van der Waals surface area contributed by atoms with Crippen molar-refractivity contribution in [1.29, 1.82) is 0 Å². The predicted molar refractivity (Wildman–Crippen MR) is 129 cm³/mol. The van der Waals surface area contributed by atoms with Crippen LogP contribution in [0.25, 0.3) is 11.0 Å². The largest absolute Gasteiger partial charge is 0.496 e. The Morgan fingerprint density at radius 1 is 1.26 bits per heavy atom. The van der Waals surface area contributed by atoms with Crippen LogP contribution in [0.3, 0.4) is 0 Å². The van der Waals surface area contributed by atoms with Crippen molar-refractivity contribution >= 4 is 22.8 Å². The fourth-order valence-electron chi connectivity index (χ4n) is 4.90. The van der Waals surface area contributed by atoms with E-state index in [-0.39, 0.29) is 30.3 Å². The molecule has 0 radical (unpaired) electrons. The Balaban J connectivity index is 1.46. The number of ether oxygens (including phenoxy) is 2. The van der Waals surface area contributed by atoms with Gasteiger partial charge in [0.15, 0.2) is 0 Å². The van der Waals surface area contributed by atoms with Crippen molar-refractivity contribution in [3.8, 4) is 11.5 Å². The zero-order valence-electron chi connectivity index (χ0n) is 20.5. The molecule has 1 aromatic heterocycles. The molecule has 4 rings (SSSR count). The maximum Gasteiger partial charge on any atom is 0.339 e. The second-order valence-corrected chi connectivity index (χ2v) is 9.80. The molecule has 3 heterocycles. The van der Waals surface area contributed by atoms with E-state index >= 15 is 0 Å². The lowest BCUT2D eigenvalue weighted by atomic mass is 9.91. The van der Waals surface area contributed by atoms with E-state index in [1.54, 1.807) is 7.11 Å². The van der Waals surface area contributed by atoms with Crippen LogP contribution >= 0.6 is 0 Å². The van der Waals surface area contributed by atoms with Crippen molar-refractivity contribution in [1.82, 2.24) is 10.2 Å². The third-order valence-electron chi connectivity index (χ3n) is 6.86. The highest BCUT2D eigenvalue weighted by Gasteiger charge is 2.31. The summed E-state index contributed by atoms with van der Waals surface area (Å²) in [7, 11) is 1.59. The van der Waals surface area contributed by atoms with E-state index in [4.69, 9.17) is 13.9 Å². The van der Waals surface area contributed by atoms with E-state index in [1.165, 1.54) is 0 Å². The minimum Gasteiger partial charge on any atom is -0.496 e. The number of likely N-dealkylation sites (tertiary alicyclic amines) is 1. The second-order valence-electron chi connectivity index (χ2n) is 9.80. The van der Waals surface area contributed by atoms with Crippen LogP contribution in [0.5, 0.6) is 11.5 Å². The Kier molecular flexibility index (Phi) is 6.86. The molecule has 2 aliphatic heterocycles. The summed E-state index contributed by atoms with van der Waals surface area (Å²) in [6.07, 6.45) is 4.29. The standard InChI is InChI=1S/C26H34N2O6/c1-16-17(8-9-21(29)27-12-6-14-28-13-5-7-22(28)30)25(31)33-24-18-10-11-26(2,3)34-19(18)15-20(32-4)23(16)24/h15H,5-14H2,1-4H3,(H,27,29). The third kappa shape index (κ3) is 4.91. The molecular weight excluding hydrogens is 436 g/mol. The van der Waals surface area contributed by atoms with E-state index in [9.17, 15) is 14.4 Å². The summed E-state index contributed by atoms with van der Waals surface area (Å²) in [6.45, 7) is 7.92. The molecule has 1 N–H and O–H groups in total. The van der Waals surface area contributed by atoms with Gasteiger partial charge in [-0.05, 0) is 58.4 Å². The summed E-state index contributed by atoms with van der Waals surface area (Å²) >= 11 is 0. The maximum atomic E-state index is 12.9. The van der Waals surface area contributed by atoms with Gasteiger partial charge in [-0.25, -0.2) is 4.79 Å². The monoisotopic (exact) mass is 470 g/mol. The van der Waals surface area contributed by atoms with E-state index in [2.05, 4.69) is 5.32 Å². The van der Waals surface area contributed by atoms with Crippen LogP contribution in [0.4, 0.5) is 0 Å². The number of carbonyl (C=O) groups excluding carboxylic acids is 2. The number of aryl methyl sites for hydroxylation is 2. The summed E-state index contributed by atoms with van der Waals surface area (Å²) in [5, 5.41) is 3.65. The molecule has 0 aliphatic carbocycles. The molecule has 0 spiro atoms. The van der Waals surface area contributed by atoms with Gasteiger partial charge in [0, 0.05) is 49.7 Å². The van der Waals surface area contributed by atoms with Crippen LogP contribution in [-0.4, -0.2) is 49.1 Å². The van der Waals surface area contributed by atoms with Gasteiger partial charge in [-0.15, -0.1) is 0 Å². The Morgan fingerprint density at radius 3 is 2.76 bits per heavy atom. The van der Waals surface area contributed by atoms with Gasteiger partial charge < -0.3 is 24.1 Å². The zero-order chi connectivity index (χ0) is 24.5. The van der Waals surface area contributed by atoms with Crippen molar-refractivity contribution in [3.05, 3.63) is 33.2 Å². The molecule has 0 saturated carbocycles. The molecule has 0 atom stereocenters. The topological polar surface area (TPSA) is 98.1 Å². The van der Waals surface area contributed by atoms with Crippen LogP contribution in [-0.2, 0) is 22.4 Å². The van der Waals surface area contributed by atoms with Crippen LogP contribution in [0.15, 0.2) is 15.3 Å². The number of nitrogens with one attached hydrogen (secondary N) is 1. The second kappa shape index (κ2) is 9.68. The van der Waals surface area contributed by atoms with Gasteiger partial charge in [-0.1, -0.05) is 0 Å². The molecule has 8 nitrogen and oxygen atoms in total. The maximum absolute atomic E-state index is 12.9. The summed E-state index contributed by atoms with van der Waals surface area (Å²) in [4.78, 5) is 38.8. The van der Waals surface area contributed by atoms with Gasteiger partial charge >= 0.3 is 5.63 Å². The van der Waals surface area contributed by atoms with Crippen LogP contribution in [0.1, 0.15) is 62.6 Å². The zero-order valence-corrected chi connectivity index (χ0v) is 20.5. The minimum absolute atomic E-state index is 0.125. The highest BCUT2D eigenvalue weighted by molar-refractivity contribution is 5.92. The number of carbonyl (C=O) groups is 2. The van der Waals surface area contributed by atoms with Gasteiger partial charge in [-0.3, -0.25) is 9.59 Å². The number of nitrogens with zero attached hydrogens (tertiary/aromatic N) is 1. The van der Waals surface area contributed by atoms with Crippen molar-refractivity contribution < 1.29 is 23.5 Å². The van der Waals surface area contributed by atoms with Gasteiger partial charge in [0.1, 0.15) is 22.7 Å². The third-order valence-corrected chi connectivity index (χ3v) is 6.86. The number of hydrogen-bond acceptors (Lipinski definition) is 6. The quantitative estimate of drug-likeness (QED) is 0.470. The Labute approximate surface area is 199 Å². The highest BCUT2D eigenvalue weighted by atomic mass is 16.5. The van der Waals surface area contributed by atoms with Crippen LogP contribution in [0, 0.1) is 6.92 Å². The van der Waals surface area contributed by atoms with Crippen LogP contribution in [0.2, 0.25) is 0 Å². The molecule has 2 aliphatic rings. The number of amides is 2. The van der Waals surface area contributed by atoms with E-state index in [1.807, 2.05) is 31.7 Å². The number of rotatable bonds is 8. The molecule has 2 amide bonds. The van der Waals surface area contributed by atoms with Crippen molar-refractivity contribution in [2.24, 2.45) is 0 Å². The van der Waals surface area contributed by atoms with Gasteiger partial charge in [0.05, 0.1) is 12.5 Å². The Bertz CT molecular complexity index is 1170. The molecular formula is C26H34N2O6. The van der Waals surface area contributed by atoms with Gasteiger partial charge in [0.2, 0.25) is 11.8 Å². The predicted octanol–water partition coefficient (Wildman–Crippen LogP) is 3.27. The SMILES string of the molecule is COc1cc2c(c3oc(=O)c(CCC(=O)NCCCN4CCCC4=O)c(C)c13)CCC(C)(C)O2. The number of methoxy groups -OCH3 is 1.